The number of anilines is 3. The minimum absolute atomic E-state index is 0.0568. The number of para-hydroxylation sites is 1. The van der Waals surface area contributed by atoms with Crippen molar-refractivity contribution in [2.45, 2.75) is 19.4 Å². The van der Waals surface area contributed by atoms with Crippen molar-refractivity contribution >= 4 is 34.7 Å². The Morgan fingerprint density at radius 3 is 2.85 bits per heavy atom. The molecule has 0 aliphatic carbocycles. The molecule has 0 fully saturated rings. The number of nitrogens with zero attached hydrogens (tertiary/aromatic N) is 3. The van der Waals surface area contributed by atoms with Gasteiger partial charge in [-0.2, -0.15) is 0 Å². The summed E-state index contributed by atoms with van der Waals surface area (Å²) in [6.07, 6.45) is 2.28. The van der Waals surface area contributed by atoms with Crippen molar-refractivity contribution < 1.29 is 9.18 Å². The second kappa shape index (κ2) is 6.96. The third-order valence-corrected chi connectivity index (χ3v) is 4.81. The molecule has 1 unspecified atom stereocenters. The molecule has 1 aliphatic rings. The minimum atomic E-state index is -0.541. The minimum Gasteiger partial charge on any atom is -0.323 e. The van der Waals surface area contributed by atoms with Crippen molar-refractivity contribution in [3.8, 4) is 0 Å². The molecule has 0 spiro atoms. The maximum absolute atomic E-state index is 13.3. The van der Waals surface area contributed by atoms with E-state index >= 15 is 0 Å². The molecule has 7 heteroatoms. The molecule has 136 valence electrons. The van der Waals surface area contributed by atoms with Gasteiger partial charge in [0.2, 0.25) is 0 Å². The second-order valence-electron chi connectivity index (χ2n) is 6.40. The van der Waals surface area contributed by atoms with Crippen molar-refractivity contribution in [2.24, 2.45) is 0 Å². The van der Waals surface area contributed by atoms with Gasteiger partial charge in [-0.1, -0.05) is 29.8 Å². The largest absolute Gasteiger partial charge is 0.323 e. The molecule has 2 heterocycles. The molecule has 4 rings (SSSR count). The van der Waals surface area contributed by atoms with E-state index in [1.807, 2.05) is 18.2 Å². The quantitative estimate of drug-likeness (QED) is 0.719. The number of benzene rings is 2. The molecule has 1 N–H and O–H groups in total. The van der Waals surface area contributed by atoms with E-state index in [9.17, 15) is 9.18 Å². The number of hydrogen-bond donors (Lipinski definition) is 1. The first kappa shape index (κ1) is 17.4. The summed E-state index contributed by atoms with van der Waals surface area (Å²) in [5.41, 5.74) is 2.94. The highest BCUT2D eigenvalue weighted by atomic mass is 35.5. The molecular formula is C20H16ClFN4O. The van der Waals surface area contributed by atoms with E-state index in [4.69, 9.17) is 11.6 Å². The maximum Gasteiger partial charge on any atom is 0.274 e. The number of nitrogens with one attached hydrogen (secondary N) is 1. The van der Waals surface area contributed by atoms with Gasteiger partial charge in [-0.15, -0.1) is 0 Å². The number of hydrogen-bond acceptors (Lipinski definition) is 4. The van der Waals surface area contributed by atoms with Crippen LogP contribution in [0.25, 0.3) is 0 Å². The van der Waals surface area contributed by atoms with Crippen LogP contribution >= 0.6 is 11.6 Å². The van der Waals surface area contributed by atoms with Crippen LogP contribution in [0.5, 0.6) is 0 Å². The fourth-order valence-electron chi connectivity index (χ4n) is 3.29. The van der Waals surface area contributed by atoms with Crippen molar-refractivity contribution in [1.29, 1.82) is 0 Å². The molecule has 0 saturated carbocycles. The van der Waals surface area contributed by atoms with Crippen LogP contribution in [0.4, 0.5) is 21.6 Å². The normalized spacial score (nSPS) is 15.5. The summed E-state index contributed by atoms with van der Waals surface area (Å²) in [7, 11) is 0. The van der Waals surface area contributed by atoms with Crippen molar-refractivity contribution in [2.75, 3.05) is 10.2 Å². The smallest absolute Gasteiger partial charge is 0.274 e. The zero-order valence-corrected chi connectivity index (χ0v) is 15.2. The van der Waals surface area contributed by atoms with Gasteiger partial charge in [-0.3, -0.25) is 4.79 Å². The fraction of sp³-hybridized carbons (Fsp3) is 0.150. The third-order valence-electron chi connectivity index (χ3n) is 4.52. The van der Waals surface area contributed by atoms with Crippen LogP contribution < -0.4 is 10.2 Å². The molecule has 0 saturated heterocycles. The summed E-state index contributed by atoms with van der Waals surface area (Å²) >= 11 is 5.76. The summed E-state index contributed by atoms with van der Waals surface area (Å²) in [5, 5.41) is 2.62. The lowest BCUT2D eigenvalue weighted by Crippen LogP contribution is -2.25. The molecule has 0 radical (unpaired) electrons. The Labute approximate surface area is 160 Å². The Bertz CT molecular complexity index is 1030. The second-order valence-corrected chi connectivity index (χ2v) is 6.80. The lowest BCUT2D eigenvalue weighted by molar-refractivity contribution is 0.102. The van der Waals surface area contributed by atoms with Crippen molar-refractivity contribution in [1.82, 2.24) is 9.97 Å². The molecule has 5 nitrogen and oxygen atoms in total. The fourth-order valence-corrected chi connectivity index (χ4v) is 3.47. The van der Waals surface area contributed by atoms with E-state index in [0.717, 1.165) is 12.1 Å². The highest BCUT2D eigenvalue weighted by Gasteiger charge is 2.28. The number of amides is 1. The predicted molar refractivity (Wildman–Crippen MR) is 103 cm³/mol. The van der Waals surface area contributed by atoms with Gasteiger partial charge in [0.1, 0.15) is 23.7 Å². The van der Waals surface area contributed by atoms with Gasteiger partial charge in [0.05, 0.1) is 5.02 Å². The monoisotopic (exact) mass is 382 g/mol. The Morgan fingerprint density at radius 2 is 2.04 bits per heavy atom. The highest BCUT2D eigenvalue weighted by Crippen LogP contribution is 2.37. The van der Waals surface area contributed by atoms with Crippen molar-refractivity contribution in [3.05, 3.63) is 77.0 Å². The number of halogens is 2. The van der Waals surface area contributed by atoms with Gasteiger partial charge in [0.25, 0.3) is 5.91 Å². The summed E-state index contributed by atoms with van der Waals surface area (Å²) in [6, 6.07) is 14.0. The Hall–Kier alpha value is -2.99. The van der Waals surface area contributed by atoms with Crippen LogP contribution in [0.2, 0.25) is 5.02 Å². The van der Waals surface area contributed by atoms with Gasteiger partial charge in [0, 0.05) is 23.5 Å². The highest BCUT2D eigenvalue weighted by molar-refractivity contribution is 6.31. The first-order valence-electron chi connectivity index (χ1n) is 8.48. The number of fused-ring (bicyclic) bond motifs is 1. The van der Waals surface area contributed by atoms with Crippen LogP contribution in [0.1, 0.15) is 23.0 Å². The Kier molecular flexibility index (Phi) is 4.49. The standard InChI is InChI=1S/C20H16ClFN4O/c1-12-8-13-4-2-3-5-18(13)26(12)19-10-17(23-11-24-19)20(27)25-14-6-7-16(22)15(21)9-14/h2-7,9-12H,8H2,1H3,(H,25,27). The van der Waals surface area contributed by atoms with Crippen LogP contribution in [-0.4, -0.2) is 21.9 Å². The summed E-state index contributed by atoms with van der Waals surface area (Å²) < 4.78 is 13.3. The first-order chi connectivity index (χ1) is 13.0. The van der Waals surface area contributed by atoms with Crippen molar-refractivity contribution in [3.63, 3.8) is 0 Å². The van der Waals surface area contributed by atoms with E-state index in [1.165, 1.54) is 30.1 Å². The SMILES string of the molecule is CC1Cc2ccccc2N1c1cc(C(=O)Nc2ccc(F)c(Cl)c2)ncn1. The van der Waals surface area contributed by atoms with Gasteiger partial charge in [-0.25, -0.2) is 14.4 Å². The topological polar surface area (TPSA) is 58.1 Å². The lowest BCUT2D eigenvalue weighted by atomic mass is 10.1. The lowest BCUT2D eigenvalue weighted by Gasteiger charge is -2.23. The molecule has 2 aromatic carbocycles. The van der Waals surface area contributed by atoms with E-state index in [1.54, 1.807) is 6.07 Å². The third kappa shape index (κ3) is 3.36. The van der Waals surface area contributed by atoms with Gasteiger partial charge in [-0.05, 0) is 43.2 Å². The zero-order chi connectivity index (χ0) is 19.0. The summed E-state index contributed by atoms with van der Waals surface area (Å²) in [5.74, 6) is -0.299. The molecule has 1 amide bonds. The number of carbonyl (C=O) groups is 1. The number of carbonyl (C=O) groups excluding carboxylic acids is 1. The van der Waals surface area contributed by atoms with E-state index < -0.39 is 11.7 Å². The summed E-state index contributed by atoms with van der Waals surface area (Å²) in [4.78, 5) is 23.1. The summed E-state index contributed by atoms with van der Waals surface area (Å²) in [6.45, 7) is 2.11. The zero-order valence-electron chi connectivity index (χ0n) is 14.5. The van der Waals surface area contributed by atoms with Crippen LogP contribution in [0, 0.1) is 5.82 Å². The Morgan fingerprint density at radius 1 is 1.22 bits per heavy atom. The average molecular weight is 383 g/mol. The number of aromatic nitrogens is 2. The van der Waals surface area contributed by atoms with Crippen LogP contribution in [0.3, 0.4) is 0 Å². The van der Waals surface area contributed by atoms with E-state index in [-0.39, 0.29) is 16.8 Å². The van der Waals surface area contributed by atoms with E-state index in [0.29, 0.717) is 11.5 Å². The molecule has 1 aliphatic heterocycles. The van der Waals surface area contributed by atoms with Crippen LogP contribution in [0.15, 0.2) is 54.9 Å². The van der Waals surface area contributed by atoms with Gasteiger partial charge >= 0.3 is 0 Å². The molecule has 1 atom stereocenters. The van der Waals surface area contributed by atoms with Gasteiger partial charge < -0.3 is 10.2 Å². The van der Waals surface area contributed by atoms with Gasteiger partial charge in [0.15, 0.2) is 0 Å². The Balaban J connectivity index is 1.61. The van der Waals surface area contributed by atoms with E-state index in [2.05, 4.69) is 33.2 Å². The number of rotatable bonds is 3. The molecule has 27 heavy (non-hydrogen) atoms. The molecule has 1 aromatic heterocycles. The average Bonchev–Trinajstić information content (AvgIpc) is 3.00. The molecular weight excluding hydrogens is 367 g/mol. The molecule has 0 bridgehead atoms. The molecule has 3 aromatic rings. The predicted octanol–water partition coefficient (Wildman–Crippen LogP) is 4.60. The van der Waals surface area contributed by atoms with Crippen LogP contribution in [-0.2, 0) is 6.42 Å². The first-order valence-corrected chi connectivity index (χ1v) is 8.86. The maximum atomic E-state index is 13.3.